The monoisotopic (exact) mass is 258 g/mol. The minimum atomic E-state index is -0.684. The van der Waals surface area contributed by atoms with Gasteiger partial charge in [0, 0.05) is 36.7 Å². The molecule has 0 spiro atoms. The number of aliphatic carboxylic acids is 1. The highest BCUT2D eigenvalue weighted by atomic mass is 16.4. The number of carbonyl (C=O) groups is 1. The molecule has 1 unspecified atom stereocenters. The van der Waals surface area contributed by atoms with Crippen molar-refractivity contribution in [1.29, 1.82) is 0 Å². The molecule has 1 fully saturated rings. The SMILES string of the molecule is CC(C(=O)O)C1CN(Cc2c[nH]c3ccccc23)C1. The molecular formula is C15H18N2O2. The summed E-state index contributed by atoms with van der Waals surface area (Å²) in [6.07, 6.45) is 2.05. The standard InChI is InChI=1S/C15H18N2O2/c1-10(15(18)19)12-8-17(9-12)7-11-6-16-14-5-3-2-4-13(11)14/h2-6,10,12,16H,7-9H2,1H3,(H,18,19). The Kier molecular flexibility index (Phi) is 3.03. The largest absolute Gasteiger partial charge is 0.481 e. The van der Waals surface area contributed by atoms with Gasteiger partial charge in [-0.15, -0.1) is 0 Å². The number of para-hydroxylation sites is 1. The van der Waals surface area contributed by atoms with E-state index in [-0.39, 0.29) is 5.92 Å². The number of benzene rings is 1. The molecule has 2 aromatic rings. The van der Waals surface area contributed by atoms with Crippen LogP contribution in [0.3, 0.4) is 0 Å². The van der Waals surface area contributed by atoms with Crippen molar-refractivity contribution < 1.29 is 9.90 Å². The number of hydrogen-bond donors (Lipinski definition) is 2. The quantitative estimate of drug-likeness (QED) is 0.885. The van der Waals surface area contributed by atoms with E-state index in [1.165, 1.54) is 10.9 Å². The van der Waals surface area contributed by atoms with Gasteiger partial charge in [-0.2, -0.15) is 0 Å². The normalized spacial score (nSPS) is 18.4. The first kappa shape index (κ1) is 12.2. The molecule has 1 aliphatic heterocycles. The van der Waals surface area contributed by atoms with E-state index in [1.54, 1.807) is 6.92 Å². The summed E-state index contributed by atoms with van der Waals surface area (Å²) in [5.41, 5.74) is 2.45. The highest BCUT2D eigenvalue weighted by molar-refractivity contribution is 5.83. The molecule has 0 bridgehead atoms. The third-order valence-electron chi connectivity index (χ3n) is 4.15. The molecule has 4 heteroatoms. The van der Waals surface area contributed by atoms with E-state index in [1.807, 2.05) is 12.1 Å². The van der Waals surface area contributed by atoms with Crippen LogP contribution in [0.1, 0.15) is 12.5 Å². The Labute approximate surface area is 112 Å². The predicted octanol–water partition coefficient (Wildman–Crippen LogP) is 2.32. The highest BCUT2D eigenvalue weighted by Gasteiger charge is 2.34. The smallest absolute Gasteiger partial charge is 0.306 e. The van der Waals surface area contributed by atoms with Gasteiger partial charge in [-0.25, -0.2) is 0 Å². The maximum atomic E-state index is 10.9. The number of nitrogens with one attached hydrogen (secondary N) is 1. The number of likely N-dealkylation sites (tertiary alicyclic amines) is 1. The molecule has 0 saturated carbocycles. The van der Waals surface area contributed by atoms with E-state index in [4.69, 9.17) is 5.11 Å². The van der Waals surface area contributed by atoms with Crippen molar-refractivity contribution in [3.63, 3.8) is 0 Å². The number of aromatic amines is 1. The molecule has 100 valence electrons. The lowest BCUT2D eigenvalue weighted by Crippen LogP contribution is -2.50. The molecule has 1 atom stereocenters. The molecule has 1 aliphatic rings. The maximum Gasteiger partial charge on any atom is 0.306 e. The van der Waals surface area contributed by atoms with Gasteiger partial charge in [0.2, 0.25) is 0 Å². The van der Waals surface area contributed by atoms with Gasteiger partial charge in [0.15, 0.2) is 0 Å². The van der Waals surface area contributed by atoms with Crippen molar-refractivity contribution >= 4 is 16.9 Å². The van der Waals surface area contributed by atoms with E-state index < -0.39 is 5.97 Å². The molecule has 4 nitrogen and oxygen atoms in total. The molecule has 0 aliphatic carbocycles. The van der Waals surface area contributed by atoms with Gasteiger partial charge >= 0.3 is 5.97 Å². The van der Waals surface area contributed by atoms with Crippen molar-refractivity contribution in [2.75, 3.05) is 13.1 Å². The lowest BCUT2D eigenvalue weighted by Gasteiger charge is -2.41. The van der Waals surface area contributed by atoms with Crippen LogP contribution < -0.4 is 0 Å². The van der Waals surface area contributed by atoms with Crippen LogP contribution in [0.15, 0.2) is 30.5 Å². The molecule has 1 aromatic carbocycles. The van der Waals surface area contributed by atoms with E-state index in [9.17, 15) is 4.79 Å². The third-order valence-corrected chi connectivity index (χ3v) is 4.15. The summed E-state index contributed by atoms with van der Waals surface area (Å²) in [5, 5.41) is 10.2. The van der Waals surface area contributed by atoms with E-state index >= 15 is 0 Å². The van der Waals surface area contributed by atoms with Gasteiger partial charge in [-0.3, -0.25) is 9.69 Å². The van der Waals surface area contributed by atoms with Crippen LogP contribution in [0.25, 0.3) is 10.9 Å². The van der Waals surface area contributed by atoms with Crippen LogP contribution in [0.5, 0.6) is 0 Å². The summed E-state index contributed by atoms with van der Waals surface area (Å²) in [5.74, 6) is -0.626. The summed E-state index contributed by atoms with van der Waals surface area (Å²) in [6.45, 7) is 4.46. The molecule has 0 amide bonds. The molecular weight excluding hydrogens is 240 g/mol. The van der Waals surface area contributed by atoms with E-state index in [0.717, 1.165) is 25.2 Å². The topological polar surface area (TPSA) is 56.3 Å². The van der Waals surface area contributed by atoms with E-state index in [2.05, 4.69) is 28.2 Å². The molecule has 1 aromatic heterocycles. The Hall–Kier alpha value is -1.81. The van der Waals surface area contributed by atoms with Crippen molar-refractivity contribution in [2.45, 2.75) is 13.5 Å². The van der Waals surface area contributed by atoms with Crippen LogP contribution in [-0.2, 0) is 11.3 Å². The lowest BCUT2D eigenvalue weighted by atomic mass is 9.87. The molecule has 3 rings (SSSR count). The predicted molar refractivity (Wildman–Crippen MR) is 73.9 cm³/mol. The van der Waals surface area contributed by atoms with Crippen LogP contribution in [0.2, 0.25) is 0 Å². The summed E-state index contributed by atoms with van der Waals surface area (Å²) in [7, 11) is 0. The van der Waals surface area contributed by atoms with Gasteiger partial charge in [-0.05, 0) is 17.5 Å². The Balaban J connectivity index is 1.64. The summed E-state index contributed by atoms with van der Waals surface area (Å²) in [6, 6.07) is 8.27. The van der Waals surface area contributed by atoms with Crippen LogP contribution >= 0.6 is 0 Å². The lowest BCUT2D eigenvalue weighted by molar-refractivity contribution is -0.145. The molecule has 2 heterocycles. The summed E-state index contributed by atoms with van der Waals surface area (Å²) < 4.78 is 0. The Bertz CT molecular complexity index is 599. The van der Waals surface area contributed by atoms with Gasteiger partial charge in [0.25, 0.3) is 0 Å². The zero-order chi connectivity index (χ0) is 13.4. The number of rotatable bonds is 4. The zero-order valence-electron chi connectivity index (χ0n) is 11.0. The second-order valence-electron chi connectivity index (χ2n) is 5.44. The number of nitrogens with zero attached hydrogens (tertiary/aromatic N) is 1. The van der Waals surface area contributed by atoms with E-state index in [0.29, 0.717) is 5.92 Å². The Morgan fingerprint density at radius 3 is 2.95 bits per heavy atom. The third kappa shape index (κ3) is 2.24. The number of H-pyrrole nitrogens is 1. The van der Waals surface area contributed by atoms with Crippen LogP contribution in [0, 0.1) is 11.8 Å². The van der Waals surface area contributed by atoms with Crippen molar-refractivity contribution in [2.24, 2.45) is 11.8 Å². The maximum absolute atomic E-state index is 10.9. The van der Waals surface area contributed by atoms with Gasteiger partial charge in [0.05, 0.1) is 5.92 Å². The number of carboxylic acid groups (broad SMARTS) is 1. The van der Waals surface area contributed by atoms with Gasteiger partial charge in [0.1, 0.15) is 0 Å². The fourth-order valence-corrected chi connectivity index (χ4v) is 2.76. The Morgan fingerprint density at radius 1 is 1.47 bits per heavy atom. The molecule has 0 radical (unpaired) electrons. The molecule has 2 N–H and O–H groups in total. The van der Waals surface area contributed by atoms with Crippen molar-refractivity contribution in [1.82, 2.24) is 9.88 Å². The second kappa shape index (κ2) is 4.70. The fourth-order valence-electron chi connectivity index (χ4n) is 2.76. The number of hydrogen-bond acceptors (Lipinski definition) is 2. The highest BCUT2D eigenvalue weighted by Crippen LogP contribution is 2.27. The number of carboxylic acids is 1. The molecule has 1 saturated heterocycles. The first-order valence-electron chi connectivity index (χ1n) is 6.65. The van der Waals surface area contributed by atoms with Crippen LogP contribution in [-0.4, -0.2) is 34.0 Å². The number of fused-ring (bicyclic) bond motifs is 1. The first-order valence-corrected chi connectivity index (χ1v) is 6.65. The van der Waals surface area contributed by atoms with Crippen LogP contribution in [0.4, 0.5) is 0 Å². The summed E-state index contributed by atoms with van der Waals surface area (Å²) in [4.78, 5) is 16.5. The van der Waals surface area contributed by atoms with Crippen molar-refractivity contribution in [3.05, 3.63) is 36.0 Å². The van der Waals surface area contributed by atoms with Gasteiger partial charge < -0.3 is 10.1 Å². The average Bonchev–Trinajstić information content (AvgIpc) is 2.75. The molecule has 19 heavy (non-hydrogen) atoms. The first-order chi connectivity index (χ1) is 9.15. The fraction of sp³-hybridized carbons (Fsp3) is 0.400. The Morgan fingerprint density at radius 2 is 2.21 bits per heavy atom. The summed E-state index contributed by atoms with van der Waals surface area (Å²) >= 11 is 0. The second-order valence-corrected chi connectivity index (χ2v) is 5.44. The minimum Gasteiger partial charge on any atom is -0.481 e. The average molecular weight is 258 g/mol. The number of aromatic nitrogens is 1. The van der Waals surface area contributed by atoms with Crippen molar-refractivity contribution in [3.8, 4) is 0 Å². The zero-order valence-corrected chi connectivity index (χ0v) is 11.0. The van der Waals surface area contributed by atoms with Gasteiger partial charge in [-0.1, -0.05) is 25.1 Å². The minimum absolute atomic E-state index is 0.237.